The number of aryl methyl sites for hydroxylation is 2. The molecule has 174 valence electrons. The van der Waals surface area contributed by atoms with Crippen LogP contribution in [0.15, 0.2) is 42.5 Å². The number of nitrogens with zero attached hydrogens (tertiary/aromatic N) is 2. The molecule has 5 rings (SSSR count). The monoisotopic (exact) mass is 468 g/mol. The zero-order valence-electron chi connectivity index (χ0n) is 18.8. The SMILES string of the molecule is Cc1ccc(C)c(N2CC=C[C@]34S[C@H]5C=CCOC(=O)[C@H]5[C@H]3C(=O)N(CCCO)C4C2=O)c1. The predicted molar refractivity (Wildman–Crippen MR) is 126 cm³/mol. The molecule has 33 heavy (non-hydrogen) atoms. The van der Waals surface area contributed by atoms with E-state index in [1.165, 1.54) is 11.8 Å². The van der Waals surface area contributed by atoms with Crippen molar-refractivity contribution < 1.29 is 24.2 Å². The van der Waals surface area contributed by atoms with E-state index in [4.69, 9.17) is 4.74 Å². The number of benzene rings is 1. The molecule has 4 heterocycles. The molecule has 0 radical (unpaired) electrons. The van der Waals surface area contributed by atoms with Crippen molar-refractivity contribution >= 4 is 35.2 Å². The Kier molecular flexibility index (Phi) is 5.61. The molecule has 1 N–H and O–H groups in total. The van der Waals surface area contributed by atoms with Crippen molar-refractivity contribution in [2.45, 2.75) is 36.3 Å². The van der Waals surface area contributed by atoms with Crippen molar-refractivity contribution in [1.82, 2.24) is 4.90 Å². The van der Waals surface area contributed by atoms with Gasteiger partial charge in [0.05, 0.1) is 16.6 Å². The molecule has 7 nitrogen and oxygen atoms in total. The summed E-state index contributed by atoms with van der Waals surface area (Å²) in [6, 6.07) is 5.26. The first-order valence-electron chi connectivity index (χ1n) is 11.4. The summed E-state index contributed by atoms with van der Waals surface area (Å²) in [6.07, 6.45) is 8.09. The minimum atomic E-state index is -0.855. The molecule has 8 heteroatoms. The third-order valence-corrected chi connectivity index (χ3v) is 8.87. The van der Waals surface area contributed by atoms with E-state index in [1.807, 2.05) is 56.4 Å². The highest BCUT2D eigenvalue weighted by molar-refractivity contribution is 8.02. The van der Waals surface area contributed by atoms with Crippen LogP contribution in [-0.4, -0.2) is 70.1 Å². The molecule has 0 bridgehead atoms. The van der Waals surface area contributed by atoms with E-state index in [9.17, 15) is 19.5 Å². The summed E-state index contributed by atoms with van der Waals surface area (Å²) in [5, 5.41) is 9.24. The van der Waals surface area contributed by atoms with E-state index < -0.39 is 22.6 Å². The summed E-state index contributed by atoms with van der Waals surface area (Å²) in [4.78, 5) is 44.2. The first-order valence-corrected chi connectivity index (χ1v) is 12.3. The Labute approximate surface area is 197 Å². The number of amides is 2. The molecule has 1 aromatic carbocycles. The normalized spacial score (nSPS) is 32.9. The quantitative estimate of drug-likeness (QED) is 0.537. The lowest BCUT2D eigenvalue weighted by molar-refractivity contribution is -0.151. The Morgan fingerprint density at radius 3 is 2.79 bits per heavy atom. The van der Waals surface area contributed by atoms with Gasteiger partial charge in [0.25, 0.3) is 5.91 Å². The zero-order valence-corrected chi connectivity index (χ0v) is 19.6. The van der Waals surface area contributed by atoms with Crippen molar-refractivity contribution in [1.29, 1.82) is 0 Å². The molecule has 1 aromatic rings. The van der Waals surface area contributed by atoms with Gasteiger partial charge in [-0.3, -0.25) is 14.4 Å². The molecule has 2 saturated heterocycles. The second-order valence-corrected chi connectivity index (χ2v) is 10.6. The van der Waals surface area contributed by atoms with Crippen molar-refractivity contribution in [2.24, 2.45) is 11.8 Å². The Hall–Kier alpha value is -2.58. The maximum Gasteiger partial charge on any atom is 0.311 e. The van der Waals surface area contributed by atoms with Crippen LogP contribution in [0.2, 0.25) is 0 Å². The summed E-state index contributed by atoms with van der Waals surface area (Å²) in [5.41, 5.74) is 2.86. The van der Waals surface area contributed by atoms with Crippen LogP contribution >= 0.6 is 11.8 Å². The number of hydrogen-bond acceptors (Lipinski definition) is 6. The number of thioether (sulfide) groups is 1. The molecule has 1 spiro atoms. The Bertz CT molecular complexity index is 1070. The van der Waals surface area contributed by atoms with Crippen LogP contribution in [0.3, 0.4) is 0 Å². The minimum absolute atomic E-state index is 0.0805. The number of fused-ring (bicyclic) bond motifs is 2. The van der Waals surface area contributed by atoms with Crippen LogP contribution < -0.4 is 4.90 Å². The number of aliphatic hydroxyl groups is 1. The topological polar surface area (TPSA) is 87.2 Å². The van der Waals surface area contributed by atoms with Crippen molar-refractivity contribution in [3.63, 3.8) is 0 Å². The molecular weight excluding hydrogens is 440 g/mol. The first-order chi connectivity index (χ1) is 15.9. The highest BCUT2D eigenvalue weighted by Gasteiger charge is 2.71. The van der Waals surface area contributed by atoms with E-state index >= 15 is 0 Å². The fourth-order valence-corrected chi connectivity index (χ4v) is 7.68. The number of aliphatic hydroxyl groups excluding tert-OH is 1. The lowest BCUT2D eigenvalue weighted by Gasteiger charge is -2.35. The highest BCUT2D eigenvalue weighted by Crippen LogP contribution is 2.61. The fraction of sp³-hybridized carbons (Fsp3) is 0.480. The molecule has 2 fully saturated rings. The number of hydrogen-bond donors (Lipinski definition) is 1. The highest BCUT2D eigenvalue weighted by atomic mass is 32.2. The second kappa shape index (κ2) is 8.33. The first kappa shape index (κ1) is 22.2. The Balaban J connectivity index is 1.63. The van der Waals surface area contributed by atoms with Crippen LogP contribution in [0, 0.1) is 25.7 Å². The van der Waals surface area contributed by atoms with Gasteiger partial charge < -0.3 is 19.6 Å². The Morgan fingerprint density at radius 2 is 2.00 bits per heavy atom. The van der Waals surface area contributed by atoms with Crippen LogP contribution in [-0.2, 0) is 19.1 Å². The predicted octanol–water partition coefficient (Wildman–Crippen LogP) is 2.00. The van der Waals surface area contributed by atoms with Crippen molar-refractivity contribution in [2.75, 3.05) is 31.2 Å². The summed E-state index contributed by atoms with van der Waals surface area (Å²) < 4.78 is 4.52. The largest absolute Gasteiger partial charge is 0.461 e. The second-order valence-electron chi connectivity index (χ2n) is 9.15. The summed E-state index contributed by atoms with van der Waals surface area (Å²) >= 11 is 1.53. The average molecular weight is 469 g/mol. The van der Waals surface area contributed by atoms with Crippen molar-refractivity contribution in [3.8, 4) is 0 Å². The third-order valence-electron chi connectivity index (χ3n) is 7.13. The van der Waals surface area contributed by atoms with Crippen LogP contribution in [0.25, 0.3) is 0 Å². The van der Waals surface area contributed by atoms with Gasteiger partial charge >= 0.3 is 5.97 Å². The maximum atomic E-state index is 14.2. The third kappa shape index (κ3) is 3.34. The molecule has 0 aromatic heterocycles. The standard InChI is InChI=1S/C25H28N2O5S/c1-15-7-8-16(2)17(14-15)26-10-4-9-25-20(19-18(33-25)6-3-13-32-24(19)31)22(29)27(11-5-12-28)21(25)23(26)30/h3-4,6-9,14,18-21,28H,5,10-13H2,1-2H3/t18-,19+,20-,21?,25-/m0/s1. The number of rotatable bonds is 4. The number of anilines is 1. The number of ether oxygens (including phenoxy) is 1. The van der Waals surface area contributed by atoms with Gasteiger partial charge in [-0.15, -0.1) is 11.8 Å². The molecule has 0 saturated carbocycles. The molecular formula is C25H28N2O5S. The summed E-state index contributed by atoms with van der Waals surface area (Å²) in [5.74, 6) is -2.05. The van der Waals surface area contributed by atoms with E-state index in [0.29, 0.717) is 13.0 Å². The molecule has 2 amide bonds. The number of likely N-dealkylation sites (tertiary alicyclic amines) is 1. The van der Waals surface area contributed by atoms with Crippen LogP contribution in [0.1, 0.15) is 17.5 Å². The summed E-state index contributed by atoms with van der Waals surface area (Å²) in [6.45, 7) is 4.75. The van der Waals surface area contributed by atoms with E-state index in [-0.39, 0.29) is 42.8 Å². The average Bonchev–Trinajstić information content (AvgIpc) is 3.08. The van der Waals surface area contributed by atoms with Gasteiger partial charge in [0, 0.05) is 30.6 Å². The smallest absolute Gasteiger partial charge is 0.311 e. The number of esters is 1. The Morgan fingerprint density at radius 1 is 1.18 bits per heavy atom. The lowest BCUT2D eigenvalue weighted by Crippen LogP contribution is -2.53. The van der Waals surface area contributed by atoms with Gasteiger partial charge in [0.2, 0.25) is 5.91 Å². The van der Waals surface area contributed by atoms with Gasteiger partial charge in [-0.05, 0) is 37.5 Å². The lowest BCUT2D eigenvalue weighted by atomic mass is 9.78. The van der Waals surface area contributed by atoms with E-state index in [0.717, 1.165) is 16.8 Å². The number of carbonyl (C=O) groups is 3. The number of cyclic esters (lactones) is 1. The van der Waals surface area contributed by atoms with Gasteiger partial charge in [-0.25, -0.2) is 0 Å². The van der Waals surface area contributed by atoms with Gasteiger partial charge in [0.15, 0.2) is 0 Å². The zero-order chi connectivity index (χ0) is 23.3. The van der Waals surface area contributed by atoms with E-state index in [1.54, 1.807) is 9.80 Å². The maximum absolute atomic E-state index is 14.2. The number of carbonyl (C=O) groups excluding carboxylic acids is 3. The van der Waals surface area contributed by atoms with E-state index in [2.05, 4.69) is 0 Å². The minimum Gasteiger partial charge on any atom is -0.461 e. The summed E-state index contributed by atoms with van der Waals surface area (Å²) in [7, 11) is 0. The van der Waals surface area contributed by atoms with Crippen LogP contribution in [0.5, 0.6) is 0 Å². The van der Waals surface area contributed by atoms with Gasteiger partial charge in [-0.2, -0.15) is 0 Å². The van der Waals surface area contributed by atoms with Gasteiger partial charge in [0.1, 0.15) is 12.6 Å². The van der Waals surface area contributed by atoms with Crippen molar-refractivity contribution in [3.05, 3.63) is 53.6 Å². The molecule has 0 aliphatic carbocycles. The fourth-order valence-electron chi connectivity index (χ4n) is 5.68. The molecule has 5 atom stereocenters. The van der Waals surface area contributed by atoms with Gasteiger partial charge in [-0.1, -0.05) is 36.4 Å². The molecule has 1 unspecified atom stereocenters. The molecule has 4 aliphatic heterocycles. The van der Waals surface area contributed by atoms with Crippen LogP contribution in [0.4, 0.5) is 5.69 Å². The molecule has 4 aliphatic rings.